The number of fused-ring (bicyclic) bond motifs is 1. The van der Waals surface area contributed by atoms with Gasteiger partial charge in [-0.2, -0.15) is 0 Å². The normalized spacial score (nSPS) is 10.5. The molecule has 2 aromatic carbocycles. The summed E-state index contributed by atoms with van der Waals surface area (Å²) in [6.45, 7) is 0.580. The molecule has 1 amide bonds. The minimum Gasteiger partial charge on any atom is -0.351 e. The van der Waals surface area contributed by atoms with E-state index in [1.165, 1.54) is 0 Å². The van der Waals surface area contributed by atoms with Gasteiger partial charge in [-0.1, -0.05) is 54.1 Å². The molecule has 0 aliphatic rings. The molecule has 1 heterocycles. The first-order valence-electron chi connectivity index (χ1n) is 8.57. The predicted molar refractivity (Wildman–Crippen MR) is 107 cm³/mol. The van der Waals surface area contributed by atoms with Crippen molar-refractivity contribution in [1.82, 2.24) is 10.3 Å². The van der Waals surface area contributed by atoms with Gasteiger partial charge in [-0.3, -0.25) is 4.79 Å². The zero-order valence-electron chi connectivity index (χ0n) is 14.3. The number of unbranched alkanes of at least 4 members (excludes halogenated alkanes) is 2. The van der Waals surface area contributed by atoms with Crippen molar-refractivity contribution in [3.63, 3.8) is 0 Å². The van der Waals surface area contributed by atoms with Crippen molar-refractivity contribution in [2.24, 2.45) is 0 Å². The van der Waals surface area contributed by atoms with Crippen molar-refractivity contribution in [3.05, 3.63) is 65.3 Å². The molecule has 0 saturated heterocycles. The van der Waals surface area contributed by atoms with Crippen LogP contribution in [-0.2, 0) is 0 Å². The highest BCUT2D eigenvalue weighted by Crippen LogP contribution is 2.32. The Morgan fingerprint density at radius 2 is 1.88 bits per heavy atom. The summed E-state index contributed by atoms with van der Waals surface area (Å²) in [6, 6.07) is 17.2. The van der Waals surface area contributed by atoms with Crippen LogP contribution in [0.1, 0.15) is 29.8 Å². The van der Waals surface area contributed by atoms with Gasteiger partial charge in [0.15, 0.2) is 0 Å². The van der Waals surface area contributed by atoms with Crippen LogP contribution in [0.3, 0.4) is 0 Å². The van der Waals surface area contributed by atoms with E-state index in [4.69, 9.17) is 18.0 Å². The number of pyridine rings is 1. The highest BCUT2D eigenvalue weighted by molar-refractivity contribution is 6.33. The summed E-state index contributed by atoms with van der Waals surface area (Å²) in [4.78, 5) is 17.2. The zero-order valence-corrected chi connectivity index (χ0v) is 15.1. The van der Waals surface area contributed by atoms with Gasteiger partial charge < -0.3 is 5.32 Å². The third kappa shape index (κ3) is 4.04. The fourth-order valence-electron chi connectivity index (χ4n) is 2.82. The Morgan fingerprint density at radius 3 is 2.69 bits per heavy atom. The molecular weight excluding hydrogens is 344 g/mol. The van der Waals surface area contributed by atoms with Gasteiger partial charge in [-0.15, -0.1) is 12.3 Å². The fraction of sp³-hybridized carbons (Fsp3) is 0.182. The van der Waals surface area contributed by atoms with E-state index in [1.807, 2.05) is 54.6 Å². The molecule has 4 heteroatoms. The third-order valence-electron chi connectivity index (χ3n) is 4.14. The topological polar surface area (TPSA) is 42.0 Å². The van der Waals surface area contributed by atoms with Crippen molar-refractivity contribution in [3.8, 4) is 23.6 Å². The lowest BCUT2D eigenvalue weighted by Gasteiger charge is -2.11. The first-order valence-corrected chi connectivity index (χ1v) is 8.95. The molecule has 0 bridgehead atoms. The largest absolute Gasteiger partial charge is 0.351 e. The average Bonchev–Trinajstić information content (AvgIpc) is 2.67. The van der Waals surface area contributed by atoms with E-state index in [0.29, 0.717) is 23.0 Å². The van der Waals surface area contributed by atoms with Crippen LogP contribution in [0.2, 0.25) is 5.02 Å². The second-order valence-corrected chi connectivity index (χ2v) is 6.38. The maximum absolute atomic E-state index is 12.5. The lowest BCUT2D eigenvalue weighted by Crippen LogP contribution is -2.25. The van der Waals surface area contributed by atoms with Gasteiger partial charge in [0.05, 0.1) is 5.69 Å². The van der Waals surface area contributed by atoms with Gasteiger partial charge in [-0.25, -0.2) is 4.98 Å². The van der Waals surface area contributed by atoms with Crippen LogP contribution >= 0.6 is 11.6 Å². The Morgan fingerprint density at radius 1 is 1.12 bits per heavy atom. The van der Waals surface area contributed by atoms with E-state index in [0.717, 1.165) is 35.6 Å². The number of rotatable bonds is 6. The molecule has 1 aromatic heterocycles. The maximum atomic E-state index is 12.5. The SMILES string of the molecule is C#CCCCCNC(=O)c1cc2ccccc2c(-c2ccccc2Cl)n1. The molecule has 1 N–H and O–H groups in total. The van der Waals surface area contributed by atoms with Gasteiger partial charge >= 0.3 is 0 Å². The number of terminal acetylenes is 1. The Hall–Kier alpha value is -2.83. The van der Waals surface area contributed by atoms with Crippen LogP contribution in [0.4, 0.5) is 0 Å². The minimum absolute atomic E-state index is 0.190. The highest BCUT2D eigenvalue weighted by Gasteiger charge is 2.14. The highest BCUT2D eigenvalue weighted by atomic mass is 35.5. The fourth-order valence-corrected chi connectivity index (χ4v) is 3.04. The van der Waals surface area contributed by atoms with Crippen molar-refractivity contribution in [1.29, 1.82) is 0 Å². The molecular formula is C22H19ClN2O. The quantitative estimate of drug-likeness (QED) is 0.490. The molecule has 26 heavy (non-hydrogen) atoms. The smallest absolute Gasteiger partial charge is 0.269 e. The number of carbonyl (C=O) groups is 1. The standard InChI is InChI=1S/C22H19ClN2O/c1-2-3-4-9-14-24-22(26)20-15-16-10-5-6-11-17(16)21(25-20)18-12-7-8-13-19(18)23/h1,5-8,10-13,15H,3-4,9,14H2,(H,24,26). The number of amides is 1. The second-order valence-electron chi connectivity index (χ2n) is 5.97. The summed E-state index contributed by atoms with van der Waals surface area (Å²) < 4.78 is 0. The summed E-state index contributed by atoms with van der Waals surface area (Å²) >= 11 is 6.37. The van der Waals surface area contributed by atoms with Gasteiger partial charge in [0.2, 0.25) is 0 Å². The molecule has 0 saturated carbocycles. The number of hydrogen-bond acceptors (Lipinski definition) is 2. The van der Waals surface area contributed by atoms with Crippen LogP contribution in [-0.4, -0.2) is 17.4 Å². The maximum Gasteiger partial charge on any atom is 0.269 e. The molecule has 0 unspecified atom stereocenters. The molecule has 0 atom stereocenters. The summed E-state index contributed by atoms with van der Waals surface area (Å²) in [5.74, 6) is 2.41. The second kappa shape index (κ2) is 8.51. The predicted octanol–water partition coefficient (Wildman–Crippen LogP) is 5.09. The molecule has 3 aromatic rings. The number of aromatic nitrogens is 1. The summed E-state index contributed by atoms with van der Waals surface area (Å²) in [5.41, 5.74) is 1.91. The zero-order chi connectivity index (χ0) is 18.4. The molecule has 0 radical (unpaired) electrons. The molecule has 3 nitrogen and oxygen atoms in total. The van der Waals surface area contributed by atoms with Crippen LogP contribution in [0.15, 0.2) is 54.6 Å². The number of nitrogens with one attached hydrogen (secondary N) is 1. The number of halogens is 1. The molecule has 0 fully saturated rings. The molecule has 0 aliphatic carbocycles. The summed E-state index contributed by atoms with van der Waals surface area (Å²) in [5, 5.41) is 5.44. The molecule has 0 aliphatic heterocycles. The van der Waals surface area contributed by atoms with E-state index in [-0.39, 0.29) is 5.91 Å². The van der Waals surface area contributed by atoms with Crippen LogP contribution in [0.25, 0.3) is 22.0 Å². The summed E-state index contributed by atoms with van der Waals surface area (Å²) in [7, 11) is 0. The monoisotopic (exact) mass is 362 g/mol. The lowest BCUT2D eigenvalue weighted by molar-refractivity contribution is 0.0948. The molecule has 130 valence electrons. The van der Waals surface area contributed by atoms with Crippen LogP contribution in [0, 0.1) is 12.3 Å². The molecule has 3 rings (SSSR count). The lowest BCUT2D eigenvalue weighted by atomic mass is 10.0. The number of benzene rings is 2. The van der Waals surface area contributed by atoms with Crippen molar-refractivity contribution in [2.45, 2.75) is 19.3 Å². The van der Waals surface area contributed by atoms with Crippen LogP contribution < -0.4 is 5.32 Å². The van der Waals surface area contributed by atoms with Crippen molar-refractivity contribution in [2.75, 3.05) is 6.54 Å². The Kier molecular flexibility index (Phi) is 5.88. The third-order valence-corrected chi connectivity index (χ3v) is 4.47. The first-order chi connectivity index (χ1) is 12.7. The van der Waals surface area contributed by atoms with E-state index in [2.05, 4.69) is 16.2 Å². The Bertz CT molecular complexity index is 975. The summed E-state index contributed by atoms with van der Waals surface area (Å²) in [6.07, 6.45) is 7.71. The minimum atomic E-state index is -0.190. The van der Waals surface area contributed by atoms with E-state index in [9.17, 15) is 4.79 Å². The Balaban J connectivity index is 1.94. The molecule has 0 spiro atoms. The number of hydrogen-bond donors (Lipinski definition) is 1. The van der Waals surface area contributed by atoms with Gasteiger partial charge in [0, 0.05) is 28.9 Å². The average molecular weight is 363 g/mol. The van der Waals surface area contributed by atoms with Crippen LogP contribution in [0.5, 0.6) is 0 Å². The Labute approximate surface area is 158 Å². The van der Waals surface area contributed by atoms with Crippen molar-refractivity contribution < 1.29 is 4.79 Å². The van der Waals surface area contributed by atoms with E-state index < -0.39 is 0 Å². The number of carbonyl (C=O) groups excluding carboxylic acids is 1. The van der Waals surface area contributed by atoms with Crippen molar-refractivity contribution >= 4 is 28.3 Å². The first kappa shape index (κ1) is 18.0. The van der Waals surface area contributed by atoms with E-state index in [1.54, 1.807) is 0 Å². The number of nitrogens with zero attached hydrogens (tertiary/aromatic N) is 1. The van der Waals surface area contributed by atoms with E-state index >= 15 is 0 Å². The van der Waals surface area contributed by atoms with Gasteiger partial charge in [0.1, 0.15) is 5.69 Å². The van der Waals surface area contributed by atoms with Gasteiger partial charge in [0.25, 0.3) is 5.91 Å². The van der Waals surface area contributed by atoms with Gasteiger partial charge in [-0.05, 0) is 30.4 Å².